The highest BCUT2D eigenvalue weighted by Crippen LogP contribution is 2.39. The van der Waals surface area contributed by atoms with Gasteiger partial charge in [-0.2, -0.15) is 11.8 Å². The second-order valence-corrected chi connectivity index (χ2v) is 7.07. The number of carbonyl (C=O) groups excluding carboxylic acids is 2. The van der Waals surface area contributed by atoms with Gasteiger partial charge in [-0.05, 0) is 49.5 Å². The first kappa shape index (κ1) is 14.7. The van der Waals surface area contributed by atoms with Gasteiger partial charge in [0.05, 0.1) is 0 Å². The predicted octanol–water partition coefficient (Wildman–Crippen LogP) is 2.63. The zero-order chi connectivity index (χ0) is 13.9. The van der Waals surface area contributed by atoms with Gasteiger partial charge in [0.25, 0.3) is 5.91 Å². The minimum atomic E-state index is -0.527. The number of rotatable bonds is 5. The first-order chi connectivity index (χ1) is 9.10. The quantitative estimate of drug-likeness (QED) is 0.623. The molecular formula is C14H24N2O2S. The Hall–Kier alpha value is -0.710. The lowest BCUT2D eigenvalue weighted by atomic mass is 9.76. The third-order valence-electron chi connectivity index (χ3n) is 4.38. The molecule has 0 radical (unpaired) electrons. The molecule has 19 heavy (non-hydrogen) atoms. The van der Waals surface area contributed by atoms with Gasteiger partial charge in [-0.3, -0.25) is 10.1 Å². The number of amides is 3. The molecule has 1 saturated heterocycles. The van der Waals surface area contributed by atoms with Gasteiger partial charge in [0.2, 0.25) is 0 Å². The zero-order valence-electron chi connectivity index (χ0n) is 11.9. The van der Waals surface area contributed by atoms with Gasteiger partial charge < -0.3 is 4.90 Å². The molecule has 0 aromatic carbocycles. The van der Waals surface area contributed by atoms with Crippen LogP contribution in [-0.4, -0.2) is 40.4 Å². The van der Waals surface area contributed by atoms with Crippen LogP contribution in [0.1, 0.15) is 46.0 Å². The summed E-state index contributed by atoms with van der Waals surface area (Å²) in [6.45, 7) is 5.07. The topological polar surface area (TPSA) is 49.4 Å². The summed E-state index contributed by atoms with van der Waals surface area (Å²) in [5, 5.41) is 2.52. The summed E-state index contributed by atoms with van der Waals surface area (Å²) in [6, 6.07) is -0.180. The van der Waals surface area contributed by atoms with Crippen molar-refractivity contribution in [1.82, 2.24) is 10.2 Å². The highest BCUT2D eigenvalue weighted by atomic mass is 32.2. The monoisotopic (exact) mass is 284 g/mol. The SMILES string of the molecule is CCSCCCN1C(=O)NC(=O)C12CCC(C)CC2. The van der Waals surface area contributed by atoms with Crippen molar-refractivity contribution in [2.45, 2.75) is 51.5 Å². The Bertz CT molecular complexity index is 351. The Kier molecular flexibility index (Phi) is 4.76. The summed E-state index contributed by atoms with van der Waals surface area (Å²) in [6.07, 6.45) is 4.71. The molecule has 1 spiro atoms. The number of imide groups is 1. The molecule has 3 amide bonds. The van der Waals surface area contributed by atoms with Crippen LogP contribution in [0.5, 0.6) is 0 Å². The minimum absolute atomic E-state index is 0.0625. The Labute approximate surface area is 119 Å². The molecule has 2 rings (SSSR count). The molecule has 1 aliphatic carbocycles. The normalized spacial score (nSPS) is 31.1. The molecule has 4 nitrogen and oxygen atoms in total. The van der Waals surface area contributed by atoms with Gasteiger partial charge in [-0.25, -0.2) is 4.79 Å². The highest BCUT2D eigenvalue weighted by Gasteiger charge is 2.53. The van der Waals surface area contributed by atoms with E-state index in [-0.39, 0.29) is 11.9 Å². The lowest BCUT2D eigenvalue weighted by Gasteiger charge is -2.40. The molecule has 0 atom stereocenters. The van der Waals surface area contributed by atoms with E-state index >= 15 is 0 Å². The second-order valence-electron chi connectivity index (χ2n) is 5.68. The van der Waals surface area contributed by atoms with E-state index in [0.717, 1.165) is 43.6 Å². The lowest BCUT2D eigenvalue weighted by Crippen LogP contribution is -2.52. The van der Waals surface area contributed by atoms with Crippen LogP contribution >= 0.6 is 11.8 Å². The van der Waals surface area contributed by atoms with Crippen molar-refractivity contribution in [3.05, 3.63) is 0 Å². The number of hydrogen-bond acceptors (Lipinski definition) is 3. The summed E-state index contributed by atoms with van der Waals surface area (Å²) < 4.78 is 0. The third-order valence-corrected chi connectivity index (χ3v) is 5.37. The van der Waals surface area contributed by atoms with Crippen LogP contribution in [0.15, 0.2) is 0 Å². The summed E-state index contributed by atoms with van der Waals surface area (Å²) in [4.78, 5) is 26.0. The zero-order valence-corrected chi connectivity index (χ0v) is 12.7. The fraction of sp³-hybridized carbons (Fsp3) is 0.857. The van der Waals surface area contributed by atoms with Crippen molar-refractivity contribution in [2.24, 2.45) is 5.92 Å². The van der Waals surface area contributed by atoms with E-state index in [2.05, 4.69) is 19.2 Å². The Morgan fingerprint density at radius 2 is 2.05 bits per heavy atom. The van der Waals surface area contributed by atoms with Crippen molar-refractivity contribution >= 4 is 23.7 Å². The molecule has 0 bridgehead atoms. The van der Waals surface area contributed by atoms with E-state index < -0.39 is 5.54 Å². The maximum Gasteiger partial charge on any atom is 0.325 e. The van der Waals surface area contributed by atoms with Gasteiger partial charge in [0, 0.05) is 6.54 Å². The van der Waals surface area contributed by atoms with Gasteiger partial charge in [-0.1, -0.05) is 13.8 Å². The van der Waals surface area contributed by atoms with Crippen molar-refractivity contribution in [1.29, 1.82) is 0 Å². The van der Waals surface area contributed by atoms with E-state index in [4.69, 9.17) is 0 Å². The molecule has 0 unspecified atom stereocenters. The number of thioether (sulfide) groups is 1. The molecule has 1 heterocycles. The van der Waals surface area contributed by atoms with Crippen molar-refractivity contribution < 1.29 is 9.59 Å². The molecule has 1 aliphatic heterocycles. The first-order valence-corrected chi connectivity index (χ1v) is 8.46. The standard InChI is InChI=1S/C14H24N2O2S/c1-3-19-10-4-9-16-13(18)15-12(17)14(16)7-5-11(2)6-8-14/h11H,3-10H2,1-2H3,(H,15,17,18). The highest BCUT2D eigenvalue weighted by molar-refractivity contribution is 7.99. The van der Waals surface area contributed by atoms with Gasteiger partial charge >= 0.3 is 6.03 Å². The van der Waals surface area contributed by atoms with Crippen LogP contribution in [0, 0.1) is 5.92 Å². The molecule has 0 aromatic rings. The fourth-order valence-electron chi connectivity index (χ4n) is 3.12. The summed E-state index contributed by atoms with van der Waals surface area (Å²) in [5.41, 5.74) is -0.527. The number of nitrogens with one attached hydrogen (secondary N) is 1. The molecule has 1 saturated carbocycles. The largest absolute Gasteiger partial charge is 0.325 e. The van der Waals surface area contributed by atoms with Gasteiger partial charge in [-0.15, -0.1) is 0 Å². The van der Waals surface area contributed by atoms with Gasteiger partial charge in [0.1, 0.15) is 5.54 Å². The van der Waals surface area contributed by atoms with Crippen LogP contribution < -0.4 is 5.32 Å². The van der Waals surface area contributed by atoms with Crippen LogP contribution in [-0.2, 0) is 4.79 Å². The summed E-state index contributed by atoms with van der Waals surface area (Å²) in [5.74, 6) is 2.77. The average Bonchev–Trinajstić information content (AvgIpc) is 2.61. The van der Waals surface area contributed by atoms with E-state index in [9.17, 15) is 9.59 Å². The smallest absolute Gasteiger partial charge is 0.310 e. The van der Waals surface area contributed by atoms with E-state index in [0.29, 0.717) is 12.5 Å². The lowest BCUT2D eigenvalue weighted by molar-refractivity contribution is -0.128. The van der Waals surface area contributed by atoms with Crippen LogP contribution in [0.2, 0.25) is 0 Å². The van der Waals surface area contributed by atoms with Crippen molar-refractivity contribution in [3.63, 3.8) is 0 Å². The maximum atomic E-state index is 12.2. The average molecular weight is 284 g/mol. The summed E-state index contributed by atoms with van der Waals surface area (Å²) >= 11 is 1.89. The van der Waals surface area contributed by atoms with E-state index in [1.165, 1.54) is 0 Å². The summed E-state index contributed by atoms with van der Waals surface area (Å²) in [7, 11) is 0. The number of urea groups is 1. The Morgan fingerprint density at radius 3 is 2.68 bits per heavy atom. The predicted molar refractivity (Wildman–Crippen MR) is 78.2 cm³/mol. The minimum Gasteiger partial charge on any atom is -0.310 e. The molecule has 108 valence electrons. The molecule has 2 fully saturated rings. The molecule has 5 heteroatoms. The molecule has 1 N–H and O–H groups in total. The molecule has 2 aliphatic rings. The van der Waals surface area contributed by atoms with Crippen LogP contribution in [0.3, 0.4) is 0 Å². The van der Waals surface area contributed by atoms with Gasteiger partial charge in [0.15, 0.2) is 0 Å². The first-order valence-electron chi connectivity index (χ1n) is 7.31. The number of carbonyl (C=O) groups is 2. The Balaban J connectivity index is 2.01. The van der Waals surface area contributed by atoms with Crippen LogP contribution in [0.25, 0.3) is 0 Å². The van der Waals surface area contributed by atoms with Crippen molar-refractivity contribution in [3.8, 4) is 0 Å². The van der Waals surface area contributed by atoms with E-state index in [1.807, 2.05) is 16.7 Å². The van der Waals surface area contributed by atoms with E-state index in [1.54, 1.807) is 0 Å². The second kappa shape index (κ2) is 6.16. The van der Waals surface area contributed by atoms with Crippen LogP contribution in [0.4, 0.5) is 4.79 Å². The molecular weight excluding hydrogens is 260 g/mol. The van der Waals surface area contributed by atoms with Crippen molar-refractivity contribution in [2.75, 3.05) is 18.1 Å². The number of nitrogens with zero attached hydrogens (tertiary/aromatic N) is 1. The molecule has 0 aromatic heterocycles. The fourth-order valence-corrected chi connectivity index (χ4v) is 3.74. The maximum absolute atomic E-state index is 12.2. The number of hydrogen-bond donors (Lipinski definition) is 1. The third kappa shape index (κ3) is 2.91. The Morgan fingerprint density at radius 1 is 1.37 bits per heavy atom.